The SMILES string of the molecule is C=CCNC(=O)C(NC(=O)c1cccc(C)c1)C1CCN(C(=O)c2ccccc2OC)CC1. The second-order valence-electron chi connectivity index (χ2n) is 8.18. The highest BCUT2D eigenvalue weighted by Crippen LogP contribution is 2.25. The van der Waals surface area contributed by atoms with Gasteiger partial charge in [-0.05, 0) is 49.9 Å². The number of likely N-dealkylation sites (tertiary alicyclic amines) is 1. The van der Waals surface area contributed by atoms with Crippen LogP contribution in [0, 0.1) is 12.8 Å². The van der Waals surface area contributed by atoms with E-state index in [1.54, 1.807) is 42.4 Å². The number of rotatable bonds is 8. The molecule has 0 aliphatic carbocycles. The summed E-state index contributed by atoms with van der Waals surface area (Å²) in [5.74, 6) is -0.181. The van der Waals surface area contributed by atoms with Gasteiger partial charge >= 0.3 is 0 Å². The maximum absolute atomic E-state index is 13.0. The Labute approximate surface area is 194 Å². The first kappa shape index (κ1) is 24.0. The highest BCUT2D eigenvalue weighted by atomic mass is 16.5. The van der Waals surface area contributed by atoms with Crippen molar-refractivity contribution in [2.24, 2.45) is 5.92 Å². The molecule has 0 radical (unpaired) electrons. The molecular weight excluding hydrogens is 418 g/mol. The summed E-state index contributed by atoms with van der Waals surface area (Å²) in [6.45, 7) is 6.86. The molecule has 0 spiro atoms. The maximum atomic E-state index is 13.0. The number of piperidine rings is 1. The van der Waals surface area contributed by atoms with Gasteiger partial charge in [0, 0.05) is 25.2 Å². The number of nitrogens with zero attached hydrogens (tertiary/aromatic N) is 1. The van der Waals surface area contributed by atoms with Crippen LogP contribution in [0.1, 0.15) is 39.1 Å². The second kappa shape index (κ2) is 11.3. The predicted octanol–water partition coefficient (Wildman–Crippen LogP) is 2.96. The van der Waals surface area contributed by atoms with Crippen molar-refractivity contribution in [2.45, 2.75) is 25.8 Å². The van der Waals surface area contributed by atoms with Crippen LogP contribution in [0.5, 0.6) is 5.75 Å². The quantitative estimate of drug-likeness (QED) is 0.607. The third-order valence-corrected chi connectivity index (χ3v) is 5.91. The first-order valence-electron chi connectivity index (χ1n) is 11.1. The number of carbonyl (C=O) groups excluding carboxylic acids is 3. The van der Waals surface area contributed by atoms with Gasteiger partial charge in [0.05, 0.1) is 12.7 Å². The highest BCUT2D eigenvalue weighted by Gasteiger charge is 2.34. The molecule has 0 bridgehead atoms. The fourth-order valence-corrected chi connectivity index (χ4v) is 4.12. The topological polar surface area (TPSA) is 87.7 Å². The zero-order chi connectivity index (χ0) is 23.8. The van der Waals surface area contributed by atoms with Crippen molar-refractivity contribution in [3.05, 3.63) is 77.9 Å². The van der Waals surface area contributed by atoms with Gasteiger partial charge in [0.15, 0.2) is 0 Å². The van der Waals surface area contributed by atoms with Crippen molar-refractivity contribution in [2.75, 3.05) is 26.7 Å². The first-order valence-corrected chi connectivity index (χ1v) is 11.1. The van der Waals surface area contributed by atoms with Gasteiger partial charge in [-0.3, -0.25) is 14.4 Å². The number of nitrogens with one attached hydrogen (secondary N) is 2. The van der Waals surface area contributed by atoms with E-state index in [0.717, 1.165) is 5.56 Å². The average molecular weight is 450 g/mol. The molecule has 7 heteroatoms. The van der Waals surface area contributed by atoms with Gasteiger partial charge in [-0.2, -0.15) is 0 Å². The third kappa shape index (κ3) is 6.00. The Morgan fingerprint density at radius 3 is 2.55 bits per heavy atom. The summed E-state index contributed by atoms with van der Waals surface area (Å²) in [5.41, 5.74) is 2.00. The number of hydrogen-bond donors (Lipinski definition) is 2. The first-order chi connectivity index (χ1) is 15.9. The van der Waals surface area contributed by atoms with Crippen LogP contribution in [-0.2, 0) is 4.79 Å². The van der Waals surface area contributed by atoms with E-state index in [2.05, 4.69) is 17.2 Å². The van der Waals surface area contributed by atoms with Gasteiger partial charge < -0.3 is 20.3 Å². The lowest BCUT2D eigenvalue weighted by Crippen LogP contribution is -2.53. The standard InChI is InChI=1S/C26H31N3O4/c1-4-14-27-25(31)23(28-24(30)20-9-7-8-18(2)17-20)19-12-15-29(16-13-19)26(32)21-10-5-6-11-22(21)33-3/h4-11,17,19,23H,1,12-16H2,2-3H3,(H,27,31)(H,28,30). The molecule has 0 aromatic heterocycles. The Morgan fingerprint density at radius 2 is 1.88 bits per heavy atom. The van der Waals surface area contributed by atoms with Crippen molar-refractivity contribution < 1.29 is 19.1 Å². The Kier molecular flexibility index (Phi) is 8.24. The molecule has 1 saturated heterocycles. The van der Waals surface area contributed by atoms with Crippen LogP contribution >= 0.6 is 0 Å². The summed E-state index contributed by atoms with van der Waals surface area (Å²) in [4.78, 5) is 40.5. The van der Waals surface area contributed by atoms with E-state index in [1.165, 1.54) is 0 Å². The van der Waals surface area contributed by atoms with Gasteiger partial charge in [0.2, 0.25) is 5.91 Å². The largest absolute Gasteiger partial charge is 0.496 e. The normalized spacial score (nSPS) is 14.8. The minimum absolute atomic E-state index is 0.0923. The zero-order valence-electron chi connectivity index (χ0n) is 19.2. The monoisotopic (exact) mass is 449 g/mol. The van der Waals surface area contributed by atoms with E-state index >= 15 is 0 Å². The number of aryl methyl sites for hydroxylation is 1. The Balaban J connectivity index is 1.70. The number of ether oxygens (including phenoxy) is 1. The minimum atomic E-state index is -0.693. The van der Waals surface area contributed by atoms with Crippen LogP contribution in [0.4, 0.5) is 0 Å². The Hall–Kier alpha value is -3.61. The van der Waals surface area contributed by atoms with Crippen LogP contribution in [0.15, 0.2) is 61.2 Å². The fraction of sp³-hybridized carbons (Fsp3) is 0.346. The van der Waals surface area contributed by atoms with Gasteiger partial charge in [0.1, 0.15) is 11.8 Å². The number of amides is 3. The molecule has 1 aliphatic rings. The summed E-state index contributed by atoms with van der Waals surface area (Å²) in [6, 6.07) is 13.7. The van der Waals surface area contributed by atoms with E-state index < -0.39 is 6.04 Å². The van der Waals surface area contributed by atoms with E-state index in [9.17, 15) is 14.4 Å². The molecule has 174 valence electrons. The van der Waals surface area contributed by atoms with Crippen LogP contribution in [0.2, 0.25) is 0 Å². The maximum Gasteiger partial charge on any atom is 0.257 e. The second-order valence-corrected chi connectivity index (χ2v) is 8.18. The lowest BCUT2D eigenvalue weighted by molar-refractivity contribution is -0.124. The summed E-state index contributed by atoms with van der Waals surface area (Å²) < 4.78 is 5.32. The van der Waals surface area contributed by atoms with Crippen LogP contribution in [-0.4, -0.2) is 55.4 Å². The van der Waals surface area contributed by atoms with Gasteiger partial charge in [-0.25, -0.2) is 0 Å². The van der Waals surface area contributed by atoms with Gasteiger partial charge in [-0.15, -0.1) is 6.58 Å². The van der Waals surface area contributed by atoms with Crippen molar-refractivity contribution >= 4 is 17.7 Å². The molecule has 1 atom stereocenters. The summed E-state index contributed by atoms with van der Waals surface area (Å²) in [7, 11) is 1.54. The lowest BCUT2D eigenvalue weighted by atomic mass is 9.88. The van der Waals surface area contributed by atoms with Crippen LogP contribution in [0.3, 0.4) is 0 Å². The Morgan fingerprint density at radius 1 is 1.15 bits per heavy atom. The molecule has 7 nitrogen and oxygen atoms in total. The number of carbonyl (C=O) groups is 3. The molecule has 1 unspecified atom stereocenters. The molecule has 2 N–H and O–H groups in total. The average Bonchev–Trinajstić information content (AvgIpc) is 2.85. The fourth-order valence-electron chi connectivity index (χ4n) is 4.12. The van der Waals surface area contributed by atoms with E-state index in [0.29, 0.717) is 49.4 Å². The van der Waals surface area contributed by atoms with E-state index in [4.69, 9.17) is 4.74 Å². The zero-order valence-corrected chi connectivity index (χ0v) is 19.2. The predicted molar refractivity (Wildman–Crippen MR) is 127 cm³/mol. The smallest absolute Gasteiger partial charge is 0.257 e. The number of hydrogen-bond acceptors (Lipinski definition) is 4. The number of benzene rings is 2. The van der Waals surface area contributed by atoms with Crippen LogP contribution < -0.4 is 15.4 Å². The molecule has 0 saturated carbocycles. The molecule has 2 aromatic rings. The van der Waals surface area contributed by atoms with Crippen molar-refractivity contribution in [1.29, 1.82) is 0 Å². The van der Waals surface area contributed by atoms with Crippen molar-refractivity contribution in [3.8, 4) is 5.75 Å². The van der Waals surface area contributed by atoms with Crippen molar-refractivity contribution in [1.82, 2.24) is 15.5 Å². The van der Waals surface area contributed by atoms with Crippen LogP contribution in [0.25, 0.3) is 0 Å². The van der Waals surface area contributed by atoms with Gasteiger partial charge in [0.25, 0.3) is 11.8 Å². The molecule has 1 fully saturated rings. The molecule has 3 amide bonds. The Bertz CT molecular complexity index is 1010. The molecule has 33 heavy (non-hydrogen) atoms. The molecule has 2 aromatic carbocycles. The third-order valence-electron chi connectivity index (χ3n) is 5.91. The molecule has 1 heterocycles. The highest BCUT2D eigenvalue weighted by molar-refractivity contribution is 5.98. The number of methoxy groups -OCH3 is 1. The van der Waals surface area contributed by atoms with E-state index in [1.807, 2.05) is 31.2 Å². The van der Waals surface area contributed by atoms with Crippen molar-refractivity contribution in [3.63, 3.8) is 0 Å². The number of para-hydroxylation sites is 1. The summed E-state index contributed by atoms with van der Waals surface area (Å²) in [5, 5.41) is 5.73. The van der Waals surface area contributed by atoms with Gasteiger partial charge in [-0.1, -0.05) is 35.9 Å². The minimum Gasteiger partial charge on any atom is -0.496 e. The molecule has 1 aliphatic heterocycles. The summed E-state index contributed by atoms with van der Waals surface area (Å²) in [6.07, 6.45) is 2.80. The summed E-state index contributed by atoms with van der Waals surface area (Å²) >= 11 is 0. The lowest BCUT2D eigenvalue weighted by Gasteiger charge is -2.36. The van der Waals surface area contributed by atoms with E-state index in [-0.39, 0.29) is 23.6 Å². The molecule has 3 rings (SSSR count). The molecular formula is C26H31N3O4.